The first-order valence-corrected chi connectivity index (χ1v) is 7.44. The molecule has 3 rings (SSSR count). The number of hydrogen-bond acceptors (Lipinski definition) is 4. The normalized spacial score (nSPS) is 13.3. The lowest BCUT2D eigenvalue weighted by molar-refractivity contribution is -0.121. The van der Waals surface area contributed by atoms with Gasteiger partial charge in [0, 0.05) is 10.5 Å². The molecular formula is C14H11BrN4O4. The van der Waals surface area contributed by atoms with E-state index in [0.29, 0.717) is 10.2 Å². The topological polar surface area (TPSA) is 115 Å². The Morgan fingerprint density at radius 2 is 1.83 bits per heavy atom. The first kappa shape index (κ1) is 15.2. The van der Waals surface area contributed by atoms with Crippen LogP contribution in [-0.4, -0.2) is 39.4 Å². The summed E-state index contributed by atoms with van der Waals surface area (Å²) in [4.78, 5) is 48.2. The van der Waals surface area contributed by atoms with Gasteiger partial charge in [0.05, 0.1) is 23.4 Å². The summed E-state index contributed by atoms with van der Waals surface area (Å²) < 4.78 is 0.681. The molecule has 1 aromatic carbocycles. The number of H-pyrrole nitrogens is 2. The average Bonchev–Trinajstić information content (AvgIpc) is 3.03. The van der Waals surface area contributed by atoms with E-state index in [1.807, 2.05) is 0 Å². The lowest BCUT2D eigenvalue weighted by atomic mass is 10.1. The van der Waals surface area contributed by atoms with E-state index in [9.17, 15) is 19.2 Å². The van der Waals surface area contributed by atoms with Gasteiger partial charge in [0.15, 0.2) is 0 Å². The Morgan fingerprint density at radius 1 is 1.09 bits per heavy atom. The van der Waals surface area contributed by atoms with Gasteiger partial charge in [-0.05, 0) is 18.2 Å². The number of fused-ring (bicyclic) bond motifs is 1. The molecule has 1 aliphatic heterocycles. The smallest absolute Gasteiger partial charge is 0.264 e. The van der Waals surface area contributed by atoms with Gasteiger partial charge in [-0.1, -0.05) is 15.9 Å². The molecule has 2 heterocycles. The number of carbonyl (C=O) groups excluding carboxylic acids is 3. The molecule has 9 heteroatoms. The lowest BCUT2D eigenvalue weighted by Crippen LogP contribution is -2.40. The number of nitrogens with one attached hydrogen (secondary N) is 3. The van der Waals surface area contributed by atoms with Gasteiger partial charge < -0.3 is 10.4 Å². The number of rotatable bonds is 4. The highest BCUT2D eigenvalue weighted by atomic mass is 79.9. The third-order valence-electron chi connectivity index (χ3n) is 3.36. The predicted molar refractivity (Wildman–Crippen MR) is 82.8 cm³/mol. The van der Waals surface area contributed by atoms with Crippen molar-refractivity contribution in [3.05, 3.63) is 55.9 Å². The molecular weight excluding hydrogens is 368 g/mol. The van der Waals surface area contributed by atoms with Crippen molar-refractivity contribution in [1.82, 2.24) is 20.4 Å². The number of nitrogens with zero attached hydrogens (tertiary/aromatic N) is 1. The van der Waals surface area contributed by atoms with Crippen molar-refractivity contribution < 1.29 is 14.4 Å². The fraction of sp³-hybridized carbons (Fsp3) is 0.143. The quantitative estimate of drug-likeness (QED) is 0.666. The van der Waals surface area contributed by atoms with E-state index in [1.165, 1.54) is 6.07 Å². The summed E-state index contributed by atoms with van der Waals surface area (Å²) >= 11 is 3.24. The minimum Gasteiger partial charge on any atom is -0.349 e. The largest absolute Gasteiger partial charge is 0.349 e. The second-order valence-corrected chi connectivity index (χ2v) is 5.86. The molecule has 0 saturated carbocycles. The number of aromatic nitrogens is 2. The molecule has 0 radical (unpaired) electrons. The monoisotopic (exact) mass is 378 g/mol. The van der Waals surface area contributed by atoms with Crippen molar-refractivity contribution in [2.75, 3.05) is 6.54 Å². The molecule has 3 amide bonds. The van der Waals surface area contributed by atoms with Crippen molar-refractivity contribution in [2.45, 2.75) is 6.54 Å². The molecule has 0 fully saturated rings. The van der Waals surface area contributed by atoms with Gasteiger partial charge >= 0.3 is 0 Å². The van der Waals surface area contributed by atoms with Gasteiger partial charge in [0.2, 0.25) is 5.91 Å². The van der Waals surface area contributed by atoms with E-state index in [1.54, 1.807) is 18.2 Å². The number of benzene rings is 1. The van der Waals surface area contributed by atoms with Crippen LogP contribution in [0.25, 0.3) is 0 Å². The van der Waals surface area contributed by atoms with E-state index >= 15 is 0 Å². The zero-order valence-corrected chi connectivity index (χ0v) is 13.3. The molecule has 0 aliphatic carbocycles. The third kappa shape index (κ3) is 2.95. The molecule has 0 unspecified atom stereocenters. The van der Waals surface area contributed by atoms with Crippen LogP contribution < -0.4 is 10.9 Å². The number of carbonyl (C=O) groups is 3. The number of amides is 3. The van der Waals surface area contributed by atoms with Gasteiger partial charge in [-0.3, -0.25) is 29.2 Å². The highest BCUT2D eigenvalue weighted by molar-refractivity contribution is 9.10. The van der Waals surface area contributed by atoms with E-state index in [0.717, 1.165) is 4.90 Å². The Hall–Kier alpha value is -2.68. The van der Waals surface area contributed by atoms with Gasteiger partial charge in [0.1, 0.15) is 6.54 Å². The van der Waals surface area contributed by atoms with Crippen LogP contribution >= 0.6 is 15.9 Å². The molecule has 0 bridgehead atoms. The minimum atomic E-state index is -0.503. The second-order valence-electron chi connectivity index (χ2n) is 4.95. The molecule has 23 heavy (non-hydrogen) atoms. The molecule has 8 nitrogen and oxygen atoms in total. The van der Waals surface area contributed by atoms with Crippen LogP contribution in [0.5, 0.6) is 0 Å². The van der Waals surface area contributed by atoms with Crippen LogP contribution in [0.1, 0.15) is 26.4 Å². The Kier molecular flexibility index (Phi) is 3.87. The van der Waals surface area contributed by atoms with Crippen LogP contribution in [-0.2, 0) is 11.3 Å². The van der Waals surface area contributed by atoms with Gasteiger partial charge in [-0.15, -0.1) is 0 Å². The van der Waals surface area contributed by atoms with E-state index < -0.39 is 17.7 Å². The maximum atomic E-state index is 12.2. The van der Waals surface area contributed by atoms with Crippen LogP contribution in [0.3, 0.4) is 0 Å². The zero-order valence-electron chi connectivity index (χ0n) is 11.7. The van der Waals surface area contributed by atoms with Crippen LogP contribution in [0.15, 0.2) is 33.5 Å². The van der Waals surface area contributed by atoms with Gasteiger partial charge in [-0.25, -0.2) is 0 Å². The molecule has 3 N–H and O–H groups in total. The summed E-state index contributed by atoms with van der Waals surface area (Å²) in [6, 6.07) is 6.07. The Labute approximate surface area is 138 Å². The molecule has 1 aliphatic rings. The van der Waals surface area contributed by atoms with Crippen LogP contribution in [0.4, 0.5) is 0 Å². The molecule has 0 spiro atoms. The summed E-state index contributed by atoms with van der Waals surface area (Å²) in [5, 5.41) is 7.46. The Morgan fingerprint density at radius 3 is 2.52 bits per heavy atom. The van der Waals surface area contributed by atoms with Gasteiger partial charge in [0.25, 0.3) is 17.4 Å². The molecule has 118 valence electrons. The van der Waals surface area contributed by atoms with E-state index in [-0.39, 0.29) is 29.8 Å². The summed E-state index contributed by atoms with van der Waals surface area (Å²) in [7, 11) is 0. The average molecular weight is 379 g/mol. The Bertz CT molecular complexity index is 870. The fourth-order valence-corrected chi connectivity index (χ4v) is 2.63. The van der Waals surface area contributed by atoms with Crippen molar-refractivity contribution >= 4 is 33.7 Å². The maximum Gasteiger partial charge on any atom is 0.264 e. The standard InChI is InChI=1S/C14H11BrN4O4/c15-7-1-2-9-10(3-7)14(23)19(13(9)22)6-12(21)16-5-8-4-11(20)18-17-8/h1-4H,5-6H2,(H,16,21)(H2,17,18,20). The summed E-state index contributed by atoms with van der Waals surface area (Å²) in [5.41, 5.74) is 0.739. The number of hydrogen-bond donors (Lipinski definition) is 3. The van der Waals surface area contributed by atoms with Crippen LogP contribution in [0, 0.1) is 0 Å². The van der Waals surface area contributed by atoms with Crippen molar-refractivity contribution in [1.29, 1.82) is 0 Å². The van der Waals surface area contributed by atoms with E-state index in [2.05, 4.69) is 31.4 Å². The molecule has 0 atom stereocenters. The number of halogens is 1. The maximum absolute atomic E-state index is 12.2. The lowest BCUT2D eigenvalue weighted by Gasteiger charge is -2.13. The number of imide groups is 1. The third-order valence-corrected chi connectivity index (χ3v) is 3.86. The molecule has 0 saturated heterocycles. The minimum absolute atomic E-state index is 0.0896. The first-order valence-electron chi connectivity index (χ1n) is 6.64. The van der Waals surface area contributed by atoms with Crippen molar-refractivity contribution in [3.63, 3.8) is 0 Å². The second kappa shape index (κ2) is 5.84. The Balaban J connectivity index is 1.66. The molecule has 1 aromatic heterocycles. The zero-order chi connectivity index (χ0) is 16.6. The fourth-order valence-electron chi connectivity index (χ4n) is 2.27. The highest BCUT2D eigenvalue weighted by Crippen LogP contribution is 2.25. The molecule has 2 aromatic rings. The summed E-state index contributed by atoms with van der Waals surface area (Å²) in [6.07, 6.45) is 0. The van der Waals surface area contributed by atoms with Crippen LogP contribution in [0.2, 0.25) is 0 Å². The summed E-state index contributed by atoms with van der Waals surface area (Å²) in [5.74, 6) is -1.50. The number of aromatic amines is 2. The van der Waals surface area contributed by atoms with Crippen molar-refractivity contribution in [2.24, 2.45) is 0 Å². The predicted octanol–water partition coefficient (Wildman–Crippen LogP) is 0.378. The van der Waals surface area contributed by atoms with Crippen molar-refractivity contribution in [3.8, 4) is 0 Å². The first-order chi connectivity index (χ1) is 11.0. The van der Waals surface area contributed by atoms with Gasteiger partial charge in [-0.2, -0.15) is 0 Å². The highest BCUT2D eigenvalue weighted by Gasteiger charge is 2.36. The SMILES string of the molecule is O=C(CN1C(=O)c2ccc(Br)cc2C1=O)NCc1cc(=O)[nH][nH]1. The summed E-state index contributed by atoms with van der Waals surface area (Å²) in [6.45, 7) is -0.287. The van der Waals surface area contributed by atoms with E-state index in [4.69, 9.17) is 0 Å².